The fourth-order valence-corrected chi connectivity index (χ4v) is 2.98. The summed E-state index contributed by atoms with van der Waals surface area (Å²) in [5, 5.41) is 3.43. The minimum atomic E-state index is 0.115. The number of ether oxygens (including phenoxy) is 1. The predicted octanol–water partition coefficient (Wildman–Crippen LogP) is 4.77. The Morgan fingerprint density at radius 2 is 1.90 bits per heavy atom. The van der Waals surface area contributed by atoms with Gasteiger partial charge in [-0.15, -0.1) is 0 Å². The van der Waals surface area contributed by atoms with E-state index in [0.29, 0.717) is 6.61 Å². The van der Waals surface area contributed by atoms with Crippen molar-refractivity contribution in [3.63, 3.8) is 0 Å². The minimum absolute atomic E-state index is 0.115. The topological polar surface area (TPSA) is 21.3 Å². The molecule has 0 bridgehead atoms. The van der Waals surface area contributed by atoms with E-state index in [0.717, 1.165) is 10.2 Å². The molecule has 0 aromatic heterocycles. The van der Waals surface area contributed by atoms with E-state index in [1.165, 1.54) is 22.3 Å². The maximum absolute atomic E-state index is 5.81. The summed E-state index contributed by atoms with van der Waals surface area (Å²) in [6.45, 7) is 6.94. The highest BCUT2D eigenvalue weighted by atomic mass is 79.9. The Kier molecular flexibility index (Phi) is 5.43. The fraction of sp³-hybridized carbons (Fsp3) is 0.333. The number of halogens is 1. The van der Waals surface area contributed by atoms with Crippen molar-refractivity contribution in [2.75, 3.05) is 13.7 Å². The number of aryl methyl sites for hydroxylation is 1. The number of rotatable bonds is 5. The molecular formula is C18H22BrNO. The maximum atomic E-state index is 5.81. The second-order valence-corrected chi connectivity index (χ2v) is 6.00. The molecule has 0 fully saturated rings. The zero-order valence-corrected chi connectivity index (χ0v) is 14.6. The molecule has 21 heavy (non-hydrogen) atoms. The molecule has 0 heterocycles. The van der Waals surface area contributed by atoms with Crippen molar-refractivity contribution >= 4 is 15.9 Å². The fourth-order valence-electron chi connectivity index (χ4n) is 2.60. The van der Waals surface area contributed by atoms with Crippen LogP contribution in [0.5, 0.6) is 5.75 Å². The van der Waals surface area contributed by atoms with Crippen LogP contribution in [0.3, 0.4) is 0 Å². The van der Waals surface area contributed by atoms with Crippen molar-refractivity contribution in [3.05, 3.63) is 63.1 Å². The van der Waals surface area contributed by atoms with E-state index in [1.54, 1.807) is 0 Å². The molecule has 2 aromatic rings. The van der Waals surface area contributed by atoms with E-state index in [4.69, 9.17) is 4.74 Å². The average Bonchev–Trinajstić information content (AvgIpc) is 2.47. The summed E-state index contributed by atoms with van der Waals surface area (Å²) in [5.41, 5.74) is 4.93. The number of hydrogen-bond donors (Lipinski definition) is 1. The highest BCUT2D eigenvalue weighted by Gasteiger charge is 2.19. The summed E-state index contributed by atoms with van der Waals surface area (Å²) in [6, 6.07) is 12.8. The van der Waals surface area contributed by atoms with E-state index in [2.05, 4.69) is 71.5 Å². The van der Waals surface area contributed by atoms with Crippen LogP contribution < -0.4 is 10.1 Å². The van der Waals surface area contributed by atoms with Crippen LogP contribution in [0.25, 0.3) is 0 Å². The molecule has 0 aliphatic carbocycles. The van der Waals surface area contributed by atoms with Crippen molar-refractivity contribution in [3.8, 4) is 5.75 Å². The van der Waals surface area contributed by atoms with E-state index < -0.39 is 0 Å². The largest absolute Gasteiger partial charge is 0.494 e. The van der Waals surface area contributed by atoms with Gasteiger partial charge in [0.05, 0.1) is 12.6 Å². The third-order valence-corrected chi connectivity index (χ3v) is 4.54. The number of hydrogen-bond acceptors (Lipinski definition) is 2. The Balaban J connectivity index is 2.55. The first-order valence-electron chi connectivity index (χ1n) is 7.24. The summed E-state index contributed by atoms with van der Waals surface area (Å²) in [7, 11) is 1.99. The van der Waals surface area contributed by atoms with Gasteiger partial charge in [-0.05, 0) is 51.1 Å². The van der Waals surface area contributed by atoms with Crippen molar-refractivity contribution in [2.24, 2.45) is 0 Å². The second kappa shape index (κ2) is 7.10. The van der Waals surface area contributed by atoms with Crippen LogP contribution in [-0.2, 0) is 0 Å². The van der Waals surface area contributed by atoms with Crippen LogP contribution in [0.15, 0.2) is 40.9 Å². The Bertz CT molecular complexity index is 625. The lowest BCUT2D eigenvalue weighted by molar-refractivity contribution is 0.334. The first-order chi connectivity index (χ1) is 10.1. The molecule has 0 aliphatic rings. The van der Waals surface area contributed by atoms with Crippen LogP contribution >= 0.6 is 15.9 Å². The average molecular weight is 348 g/mol. The summed E-state index contributed by atoms with van der Waals surface area (Å²) < 4.78 is 6.95. The Morgan fingerprint density at radius 3 is 2.57 bits per heavy atom. The van der Waals surface area contributed by atoms with Crippen molar-refractivity contribution in [1.82, 2.24) is 5.32 Å². The van der Waals surface area contributed by atoms with Crippen molar-refractivity contribution < 1.29 is 4.74 Å². The molecule has 3 heteroatoms. The zero-order chi connectivity index (χ0) is 15.4. The molecular weight excluding hydrogens is 326 g/mol. The van der Waals surface area contributed by atoms with Gasteiger partial charge in [0.1, 0.15) is 5.75 Å². The summed E-state index contributed by atoms with van der Waals surface area (Å²) in [5.74, 6) is 0.946. The maximum Gasteiger partial charge on any atom is 0.124 e. The van der Waals surface area contributed by atoms with Gasteiger partial charge in [0.2, 0.25) is 0 Å². The van der Waals surface area contributed by atoms with Gasteiger partial charge >= 0.3 is 0 Å². The standard InChI is InChI=1S/C18H22BrNO/c1-5-21-17-10-9-12(2)11-15(17)18(20-4)14-7-6-8-16(19)13(14)3/h6-11,18,20H,5H2,1-4H3. The van der Waals surface area contributed by atoms with Crippen LogP contribution in [0.4, 0.5) is 0 Å². The molecule has 0 aliphatic heterocycles. The summed E-state index contributed by atoms with van der Waals surface area (Å²) >= 11 is 3.62. The van der Waals surface area contributed by atoms with Crippen LogP contribution in [-0.4, -0.2) is 13.7 Å². The number of benzene rings is 2. The third-order valence-electron chi connectivity index (χ3n) is 3.69. The molecule has 2 aromatic carbocycles. The molecule has 0 amide bonds. The highest BCUT2D eigenvalue weighted by molar-refractivity contribution is 9.10. The van der Waals surface area contributed by atoms with Crippen molar-refractivity contribution in [1.29, 1.82) is 0 Å². The number of nitrogens with one attached hydrogen (secondary N) is 1. The molecule has 0 spiro atoms. The highest BCUT2D eigenvalue weighted by Crippen LogP contribution is 2.34. The lowest BCUT2D eigenvalue weighted by Crippen LogP contribution is -2.20. The van der Waals surface area contributed by atoms with E-state index in [9.17, 15) is 0 Å². The van der Waals surface area contributed by atoms with Crippen molar-refractivity contribution in [2.45, 2.75) is 26.8 Å². The van der Waals surface area contributed by atoms with Gasteiger partial charge in [-0.25, -0.2) is 0 Å². The van der Waals surface area contributed by atoms with Crippen LogP contribution in [0.1, 0.15) is 35.2 Å². The van der Waals surface area contributed by atoms with Gasteiger partial charge in [-0.2, -0.15) is 0 Å². The van der Waals surface area contributed by atoms with Gasteiger partial charge in [-0.3, -0.25) is 0 Å². The van der Waals surface area contributed by atoms with E-state index in [1.807, 2.05) is 14.0 Å². The lowest BCUT2D eigenvalue weighted by Gasteiger charge is -2.23. The molecule has 112 valence electrons. The van der Waals surface area contributed by atoms with Gasteiger partial charge in [0, 0.05) is 10.0 Å². The first-order valence-corrected chi connectivity index (χ1v) is 8.03. The summed E-state index contributed by atoms with van der Waals surface area (Å²) in [6.07, 6.45) is 0. The Morgan fingerprint density at radius 1 is 1.14 bits per heavy atom. The molecule has 1 N–H and O–H groups in total. The van der Waals surface area contributed by atoms with Gasteiger partial charge < -0.3 is 10.1 Å². The smallest absolute Gasteiger partial charge is 0.124 e. The SMILES string of the molecule is CCOc1ccc(C)cc1C(NC)c1cccc(Br)c1C. The summed E-state index contributed by atoms with van der Waals surface area (Å²) in [4.78, 5) is 0. The van der Waals surface area contributed by atoms with Gasteiger partial charge in [0.15, 0.2) is 0 Å². The molecule has 0 saturated carbocycles. The Hall–Kier alpha value is -1.32. The predicted molar refractivity (Wildman–Crippen MR) is 92.1 cm³/mol. The molecule has 2 nitrogen and oxygen atoms in total. The van der Waals surface area contributed by atoms with Gasteiger partial charge in [-0.1, -0.05) is 45.8 Å². The van der Waals surface area contributed by atoms with Gasteiger partial charge in [0.25, 0.3) is 0 Å². The lowest BCUT2D eigenvalue weighted by atomic mass is 9.93. The minimum Gasteiger partial charge on any atom is -0.494 e. The van der Waals surface area contributed by atoms with Crippen LogP contribution in [0.2, 0.25) is 0 Å². The molecule has 1 unspecified atom stereocenters. The zero-order valence-electron chi connectivity index (χ0n) is 13.0. The first kappa shape index (κ1) is 16.1. The molecule has 1 atom stereocenters. The Labute approximate surface area is 135 Å². The third kappa shape index (κ3) is 3.47. The van der Waals surface area contributed by atoms with E-state index >= 15 is 0 Å². The molecule has 0 saturated heterocycles. The second-order valence-electron chi connectivity index (χ2n) is 5.15. The molecule has 0 radical (unpaired) electrons. The molecule has 2 rings (SSSR count). The normalized spacial score (nSPS) is 12.2. The van der Waals surface area contributed by atoms with Crippen LogP contribution in [0, 0.1) is 13.8 Å². The quantitative estimate of drug-likeness (QED) is 0.840. The monoisotopic (exact) mass is 347 g/mol. The van der Waals surface area contributed by atoms with E-state index in [-0.39, 0.29) is 6.04 Å².